The molecule has 0 aromatic carbocycles. The number of ketones is 1. The molecule has 1 aromatic heterocycles. The summed E-state index contributed by atoms with van der Waals surface area (Å²) in [5.74, 6) is -1.51. The number of aromatic nitrogens is 1. The molecule has 0 bridgehead atoms. The molecule has 1 N–H and O–H groups in total. The molecule has 0 amide bonds. The van der Waals surface area contributed by atoms with Gasteiger partial charge in [-0.1, -0.05) is 0 Å². The van der Waals surface area contributed by atoms with Gasteiger partial charge in [-0.25, -0.2) is 0 Å². The number of rotatable bonds is 3. The predicted molar refractivity (Wildman–Crippen MR) is 68.0 cm³/mol. The van der Waals surface area contributed by atoms with Crippen LogP contribution in [-0.2, 0) is 10.3 Å². The van der Waals surface area contributed by atoms with Crippen LogP contribution < -0.4 is 5.32 Å². The second kappa shape index (κ2) is 5.41. The molecule has 20 heavy (non-hydrogen) atoms. The number of hydrogen-bond acceptors (Lipinski definition) is 3. The maximum Gasteiger partial charge on any atom is 0.454 e. The summed E-state index contributed by atoms with van der Waals surface area (Å²) in [6.45, 7) is 5.64. The number of hydrogen-bond donors (Lipinski definition) is 1. The minimum atomic E-state index is -4.89. The summed E-state index contributed by atoms with van der Waals surface area (Å²) in [5, 5.41) is 11.4. The van der Waals surface area contributed by atoms with Gasteiger partial charge in [0.15, 0.2) is 0 Å². The Morgan fingerprint density at radius 3 is 2.45 bits per heavy atom. The average molecular weight is 285 g/mol. The fraction of sp³-hybridized carbons (Fsp3) is 0.385. The van der Waals surface area contributed by atoms with Gasteiger partial charge in [0.2, 0.25) is 0 Å². The van der Waals surface area contributed by atoms with Crippen LogP contribution in [0.5, 0.6) is 0 Å². The van der Waals surface area contributed by atoms with E-state index in [-0.39, 0.29) is 5.54 Å². The third kappa shape index (κ3) is 3.88. The van der Waals surface area contributed by atoms with Crippen LogP contribution in [-0.4, -0.2) is 16.5 Å². The minimum absolute atomic E-state index is 0.362. The van der Waals surface area contributed by atoms with Crippen molar-refractivity contribution < 1.29 is 18.0 Å². The van der Waals surface area contributed by atoms with E-state index in [1.807, 2.05) is 26.8 Å². The van der Waals surface area contributed by atoms with Gasteiger partial charge in [0.25, 0.3) is 5.78 Å². The van der Waals surface area contributed by atoms with E-state index in [1.54, 1.807) is 10.8 Å². The van der Waals surface area contributed by atoms with Gasteiger partial charge in [-0.3, -0.25) is 4.79 Å². The summed E-state index contributed by atoms with van der Waals surface area (Å²) in [5.41, 5.74) is 0.0113. The Balaban J connectivity index is 2.94. The zero-order valence-electron chi connectivity index (χ0n) is 11.2. The number of anilines is 1. The molecule has 1 aromatic rings. The second-order valence-corrected chi connectivity index (χ2v) is 5.11. The standard InChI is InChI=1S/C13H14F3N3O/c1-12(2,3)19-8-9(7-17)6-11(19)18-5-4-10(20)13(14,15)16/h4-6,8,18H,1-3H3/b5-4+. The van der Waals surface area contributed by atoms with Crippen molar-refractivity contribution in [3.63, 3.8) is 0 Å². The van der Waals surface area contributed by atoms with Gasteiger partial charge in [0, 0.05) is 24.0 Å². The molecule has 7 heteroatoms. The fourth-order valence-electron chi connectivity index (χ4n) is 1.49. The number of nitrogens with one attached hydrogen (secondary N) is 1. The van der Waals surface area contributed by atoms with Crippen LogP contribution in [0.25, 0.3) is 0 Å². The molecule has 0 aliphatic rings. The lowest BCUT2D eigenvalue weighted by atomic mass is 10.1. The van der Waals surface area contributed by atoms with Crippen molar-refractivity contribution in [1.82, 2.24) is 4.57 Å². The Kier molecular flexibility index (Phi) is 4.28. The number of carbonyl (C=O) groups excluding carboxylic acids is 1. The Morgan fingerprint density at radius 1 is 1.40 bits per heavy atom. The monoisotopic (exact) mass is 285 g/mol. The van der Waals surface area contributed by atoms with Crippen LogP contribution in [0.2, 0.25) is 0 Å². The number of carbonyl (C=O) groups is 1. The Bertz CT molecular complexity index is 571. The highest BCUT2D eigenvalue weighted by Gasteiger charge is 2.36. The summed E-state index contributed by atoms with van der Waals surface area (Å²) in [6, 6.07) is 3.45. The van der Waals surface area contributed by atoms with Crippen molar-refractivity contribution in [3.8, 4) is 6.07 Å². The number of halogens is 3. The molecular weight excluding hydrogens is 271 g/mol. The smallest absolute Gasteiger partial charge is 0.348 e. The van der Waals surface area contributed by atoms with Crippen LogP contribution in [0.15, 0.2) is 24.5 Å². The Hall–Kier alpha value is -2.23. The average Bonchev–Trinajstić information content (AvgIpc) is 2.70. The molecule has 0 aliphatic carbocycles. The molecule has 4 nitrogen and oxygen atoms in total. The maximum atomic E-state index is 12.0. The van der Waals surface area contributed by atoms with Crippen LogP contribution in [0.1, 0.15) is 26.3 Å². The van der Waals surface area contributed by atoms with E-state index in [4.69, 9.17) is 5.26 Å². The molecule has 0 saturated carbocycles. The highest BCUT2D eigenvalue weighted by Crippen LogP contribution is 2.24. The SMILES string of the molecule is CC(C)(C)n1cc(C#N)cc1N/C=C/C(=O)C(F)(F)F. The molecule has 1 heterocycles. The van der Waals surface area contributed by atoms with E-state index in [9.17, 15) is 18.0 Å². The summed E-state index contributed by atoms with van der Waals surface area (Å²) in [4.78, 5) is 10.7. The first-order chi connectivity index (χ1) is 9.05. The van der Waals surface area contributed by atoms with E-state index < -0.39 is 12.0 Å². The largest absolute Gasteiger partial charge is 0.454 e. The van der Waals surface area contributed by atoms with Gasteiger partial charge in [0.1, 0.15) is 11.9 Å². The maximum absolute atomic E-state index is 12.0. The highest BCUT2D eigenvalue weighted by molar-refractivity contribution is 5.94. The second-order valence-electron chi connectivity index (χ2n) is 5.11. The van der Waals surface area contributed by atoms with E-state index in [0.717, 1.165) is 6.20 Å². The number of nitrogens with zero attached hydrogens (tertiary/aromatic N) is 2. The summed E-state index contributed by atoms with van der Waals surface area (Å²) < 4.78 is 37.8. The van der Waals surface area contributed by atoms with Crippen LogP contribution in [0.4, 0.5) is 19.0 Å². The molecular formula is C13H14F3N3O. The lowest BCUT2D eigenvalue weighted by Crippen LogP contribution is -2.22. The molecule has 0 aliphatic heterocycles. The molecule has 0 fully saturated rings. The first kappa shape index (κ1) is 15.8. The van der Waals surface area contributed by atoms with Gasteiger partial charge in [-0.15, -0.1) is 0 Å². The van der Waals surface area contributed by atoms with Gasteiger partial charge < -0.3 is 9.88 Å². The topological polar surface area (TPSA) is 57.8 Å². The third-order valence-electron chi connectivity index (χ3n) is 2.42. The Morgan fingerprint density at radius 2 is 2.00 bits per heavy atom. The highest BCUT2D eigenvalue weighted by atomic mass is 19.4. The van der Waals surface area contributed by atoms with Gasteiger partial charge >= 0.3 is 6.18 Å². The molecule has 0 saturated heterocycles. The molecule has 1 rings (SSSR count). The van der Waals surface area contributed by atoms with Crippen molar-refractivity contribution in [2.45, 2.75) is 32.5 Å². The number of allylic oxidation sites excluding steroid dienone is 1. The van der Waals surface area contributed by atoms with E-state index in [0.29, 0.717) is 17.5 Å². The lowest BCUT2D eigenvalue weighted by Gasteiger charge is -2.24. The van der Waals surface area contributed by atoms with Crippen molar-refractivity contribution >= 4 is 11.6 Å². The van der Waals surface area contributed by atoms with Crippen molar-refractivity contribution in [1.29, 1.82) is 5.26 Å². The molecule has 0 atom stereocenters. The zero-order chi connectivity index (χ0) is 15.6. The minimum Gasteiger partial charge on any atom is -0.348 e. The third-order valence-corrected chi connectivity index (χ3v) is 2.42. The summed E-state index contributed by atoms with van der Waals surface area (Å²) >= 11 is 0. The first-order valence-electron chi connectivity index (χ1n) is 5.73. The molecule has 108 valence electrons. The molecule has 0 radical (unpaired) electrons. The normalized spacial score (nSPS) is 12.4. The van der Waals surface area contributed by atoms with Crippen molar-refractivity contribution in [3.05, 3.63) is 30.1 Å². The van der Waals surface area contributed by atoms with E-state index in [1.165, 1.54) is 6.07 Å². The number of nitriles is 1. The van der Waals surface area contributed by atoms with E-state index >= 15 is 0 Å². The van der Waals surface area contributed by atoms with Crippen molar-refractivity contribution in [2.75, 3.05) is 5.32 Å². The zero-order valence-corrected chi connectivity index (χ0v) is 11.2. The Labute approximate surface area is 114 Å². The molecule has 0 unspecified atom stereocenters. The van der Waals surface area contributed by atoms with E-state index in [2.05, 4.69) is 5.32 Å². The first-order valence-corrected chi connectivity index (χ1v) is 5.73. The number of alkyl halides is 3. The predicted octanol–water partition coefficient (Wildman–Crippen LogP) is 3.17. The van der Waals surface area contributed by atoms with Gasteiger partial charge in [0.05, 0.1) is 5.56 Å². The summed E-state index contributed by atoms with van der Waals surface area (Å²) in [6.07, 6.45) is -1.98. The fourth-order valence-corrected chi connectivity index (χ4v) is 1.49. The van der Waals surface area contributed by atoms with Crippen LogP contribution in [0, 0.1) is 11.3 Å². The summed E-state index contributed by atoms with van der Waals surface area (Å²) in [7, 11) is 0. The van der Waals surface area contributed by atoms with Gasteiger partial charge in [-0.05, 0) is 26.8 Å². The molecule has 0 spiro atoms. The van der Waals surface area contributed by atoms with Gasteiger partial charge in [-0.2, -0.15) is 18.4 Å². The quantitative estimate of drug-likeness (QED) is 0.868. The van der Waals surface area contributed by atoms with Crippen LogP contribution in [0.3, 0.4) is 0 Å². The van der Waals surface area contributed by atoms with Crippen LogP contribution >= 0.6 is 0 Å². The lowest BCUT2D eigenvalue weighted by molar-refractivity contribution is -0.165. The van der Waals surface area contributed by atoms with Crippen molar-refractivity contribution in [2.24, 2.45) is 0 Å².